The number of aromatic nitrogens is 1. The van der Waals surface area contributed by atoms with Crippen molar-refractivity contribution in [1.82, 2.24) is 4.57 Å². The predicted molar refractivity (Wildman–Crippen MR) is 161 cm³/mol. The Morgan fingerprint density at radius 1 is 1.10 bits per heavy atom. The molecule has 1 aromatic heterocycles. The highest BCUT2D eigenvalue weighted by molar-refractivity contribution is 7.98. The Labute approximate surface area is 240 Å². The van der Waals surface area contributed by atoms with Crippen LogP contribution in [0.25, 0.3) is 11.8 Å². The number of nitrogens with zero attached hydrogens (tertiary/aromatic N) is 2. The number of fused-ring (bicyclic) bond motifs is 1. The molecule has 0 aliphatic carbocycles. The summed E-state index contributed by atoms with van der Waals surface area (Å²) in [6, 6.07) is 24.3. The number of rotatable bonds is 9. The van der Waals surface area contributed by atoms with Crippen LogP contribution in [0.1, 0.15) is 29.7 Å². The van der Waals surface area contributed by atoms with Gasteiger partial charge in [-0.25, -0.2) is 9.79 Å². The van der Waals surface area contributed by atoms with E-state index in [1.165, 1.54) is 11.3 Å². The SMILES string of the molecule is C=CCOc1cccc(/C=c2\sc3n(c2=O)[C@@H](c2ccc(SC)cc2)C(C(=O)OCC)=C(c2ccccc2)N=3)c1. The molecule has 40 heavy (non-hydrogen) atoms. The lowest BCUT2D eigenvalue weighted by atomic mass is 9.93. The van der Waals surface area contributed by atoms with Crippen LogP contribution >= 0.6 is 23.1 Å². The molecule has 0 saturated heterocycles. The third kappa shape index (κ3) is 5.59. The second-order valence-corrected chi connectivity index (χ2v) is 10.8. The highest BCUT2D eigenvalue weighted by Gasteiger charge is 2.35. The summed E-state index contributed by atoms with van der Waals surface area (Å²) < 4.78 is 13.3. The number of thiazole rings is 1. The van der Waals surface area contributed by atoms with E-state index in [0.717, 1.165) is 21.6 Å². The number of thioether (sulfide) groups is 1. The zero-order chi connectivity index (χ0) is 28.1. The van der Waals surface area contributed by atoms with Gasteiger partial charge >= 0.3 is 5.97 Å². The van der Waals surface area contributed by atoms with Crippen molar-refractivity contribution < 1.29 is 14.3 Å². The van der Waals surface area contributed by atoms with Gasteiger partial charge in [0, 0.05) is 10.5 Å². The second-order valence-electron chi connectivity index (χ2n) is 8.88. The second kappa shape index (κ2) is 12.4. The maximum absolute atomic E-state index is 14.0. The van der Waals surface area contributed by atoms with Gasteiger partial charge in [-0.1, -0.05) is 78.6 Å². The number of benzene rings is 3. The summed E-state index contributed by atoms with van der Waals surface area (Å²) >= 11 is 2.92. The number of ether oxygens (including phenoxy) is 2. The van der Waals surface area contributed by atoms with Gasteiger partial charge in [0.2, 0.25) is 0 Å². The van der Waals surface area contributed by atoms with E-state index >= 15 is 0 Å². The summed E-state index contributed by atoms with van der Waals surface area (Å²) in [7, 11) is 0. The van der Waals surface area contributed by atoms with Crippen LogP contribution in [0.4, 0.5) is 0 Å². The molecule has 8 heteroatoms. The molecule has 0 spiro atoms. The van der Waals surface area contributed by atoms with Crippen LogP contribution in [0.5, 0.6) is 5.75 Å². The number of carbonyl (C=O) groups excluding carboxylic acids is 1. The van der Waals surface area contributed by atoms with Gasteiger partial charge in [-0.3, -0.25) is 9.36 Å². The molecule has 3 aromatic carbocycles. The molecule has 0 radical (unpaired) electrons. The number of carbonyl (C=O) groups is 1. The average molecular weight is 569 g/mol. The summed E-state index contributed by atoms with van der Waals surface area (Å²) in [4.78, 5) is 34.0. The molecule has 2 heterocycles. The molecule has 0 unspecified atom stereocenters. The Kier molecular flexibility index (Phi) is 8.48. The van der Waals surface area contributed by atoms with Crippen LogP contribution < -0.4 is 19.6 Å². The van der Waals surface area contributed by atoms with Crippen molar-refractivity contribution in [1.29, 1.82) is 0 Å². The van der Waals surface area contributed by atoms with Crippen LogP contribution in [-0.4, -0.2) is 30.0 Å². The molecule has 1 aliphatic heterocycles. The van der Waals surface area contributed by atoms with Gasteiger partial charge in [-0.15, -0.1) is 11.8 Å². The first-order chi connectivity index (χ1) is 19.5. The molecule has 0 N–H and O–H groups in total. The molecule has 0 amide bonds. The van der Waals surface area contributed by atoms with Gasteiger partial charge in [-0.2, -0.15) is 0 Å². The molecular formula is C32H28N2O4S2. The lowest BCUT2D eigenvalue weighted by Crippen LogP contribution is -2.40. The molecule has 1 aliphatic rings. The Morgan fingerprint density at radius 3 is 2.58 bits per heavy atom. The van der Waals surface area contributed by atoms with E-state index in [4.69, 9.17) is 14.5 Å². The molecule has 6 nitrogen and oxygen atoms in total. The maximum Gasteiger partial charge on any atom is 0.338 e. The zero-order valence-corrected chi connectivity index (χ0v) is 23.8. The summed E-state index contributed by atoms with van der Waals surface area (Å²) in [6.07, 6.45) is 5.52. The van der Waals surface area contributed by atoms with Crippen LogP contribution in [0.15, 0.2) is 112 Å². The summed E-state index contributed by atoms with van der Waals surface area (Å²) in [5.74, 6) is 0.189. The van der Waals surface area contributed by atoms with Gasteiger partial charge in [0.25, 0.3) is 5.56 Å². The average Bonchev–Trinajstić information content (AvgIpc) is 3.30. The first-order valence-corrected chi connectivity index (χ1v) is 14.8. The van der Waals surface area contributed by atoms with Gasteiger partial charge < -0.3 is 9.47 Å². The van der Waals surface area contributed by atoms with Crippen molar-refractivity contribution >= 4 is 40.8 Å². The zero-order valence-electron chi connectivity index (χ0n) is 22.2. The number of hydrogen-bond acceptors (Lipinski definition) is 7. The largest absolute Gasteiger partial charge is 0.490 e. The highest BCUT2D eigenvalue weighted by Crippen LogP contribution is 2.35. The summed E-state index contributed by atoms with van der Waals surface area (Å²) in [6.45, 7) is 6.05. The van der Waals surface area contributed by atoms with E-state index in [-0.39, 0.29) is 12.2 Å². The molecule has 0 bridgehead atoms. The van der Waals surface area contributed by atoms with Crippen LogP contribution in [0, 0.1) is 0 Å². The van der Waals surface area contributed by atoms with Crippen molar-refractivity contribution in [3.8, 4) is 5.75 Å². The molecule has 0 saturated carbocycles. The fourth-order valence-corrected chi connectivity index (χ4v) is 5.95. The van der Waals surface area contributed by atoms with Crippen molar-refractivity contribution in [2.24, 2.45) is 4.99 Å². The van der Waals surface area contributed by atoms with E-state index in [0.29, 0.717) is 33.0 Å². The fraction of sp³-hybridized carbons (Fsp3) is 0.156. The Morgan fingerprint density at radius 2 is 1.88 bits per heavy atom. The lowest BCUT2D eigenvalue weighted by molar-refractivity contribution is -0.138. The Bertz CT molecular complexity index is 1750. The molecule has 5 rings (SSSR count). The van der Waals surface area contributed by atoms with Crippen molar-refractivity contribution in [3.63, 3.8) is 0 Å². The van der Waals surface area contributed by atoms with Crippen molar-refractivity contribution in [2.75, 3.05) is 19.5 Å². The lowest BCUT2D eigenvalue weighted by Gasteiger charge is -2.26. The van der Waals surface area contributed by atoms with E-state index in [1.807, 2.05) is 91.2 Å². The van der Waals surface area contributed by atoms with E-state index in [2.05, 4.69) is 6.58 Å². The molecule has 4 aromatic rings. The molecule has 202 valence electrons. The monoisotopic (exact) mass is 568 g/mol. The van der Waals surface area contributed by atoms with Gasteiger partial charge in [-0.05, 0) is 54.6 Å². The van der Waals surface area contributed by atoms with Crippen LogP contribution in [0.3, 0.4) is 0 Å². The van der Waals surface area contributed by atoms with Crippen LogP contribution in [-0.2, 0) is 9.53 Å². The first kappa shape index (κ1) is 27.4. The minimum absolute atomic E-state index is 0.206. The minimum atomic E-state index is -0.703. The minimum Gasteiger partial charge on any atom is -0.490 e. The normalized spacial score (nSPS) is 14.8. The van der Waals surface area contributed by atoms with E-state index in [1.54, 1.807) is 29.3 Å². The first-order valence-electron chi connectivity index (χ1n) is 12.8. The van der Waals surface area contributed by atoms with E-state index < -0.39 is 12.0 Å². The predicted octanol–water partition coefficient (Wildman–Crippen LogP) is 5.22. The van der Waals surface area contributed by atoms with Crippen molar-refractivity contribution in [3.05, 3.63) is 133 Å². The quantitative estimate of drug-likeness (QED) is 0.157. The number of hydrogen-bond donors (Lipinski definition) is 0. The Hall–Kier alpha value is -4.14. The molecular weight excluding hydrogens is 540 g/mol. The van der Waals surface area contributed by atoms with Crippen molar-refractivity contribution in [2.45, 2.75) is 17.9 Å². The summed E-state index contributed by atoms with van der Waals surface area (Å²) in [5.41, 5.74) is 3.02. The number of esters is 1. The third-order valence-corrected chi connectivity index (χ3v) is 8.06. The van der Waals surface area contributed by atoms with E-state index in [9.17, 15) is 9.59 Å². The van der Waals surface area contributed by atoms with Gasteiger partial charge in [0.15, 0.2) is 4.80 Å². The highest BCUT2D eigenvalue weighted by atomic mass is 32.2. The molecule has 1 atom stereocenters. The molecule has 0 fully saturated rings. The van der Waals surface area contributed by atoms with Gasteiger partial charge in [0.05, 0.1) is 28.5 Å². The van der Waals surface area contributed by atoms with Crippen LogP contribution in [0.2, 0.25) is 0 Å². The summed E-state index contributed by atoms with van der Waals surface area (Å²) in [5, 5.41) is 0. The maximum atomic E-state index is 14.0. The smallest absolute Gasteiger partial charge is 0.338 e. The fourth-order valence-electron chi connectivity index (χ4n) is 4.54. The van der Waals surface area contributed by atoms with Gasteiger partial charge in [0.1, 0.15) is 12.4 Å². The third-order valence-electron chi connectivity index (χ3n) is 6.33. The Balaban J connectivity index is 1.76. The standard InChI is InChI=1S/C32H28N2O4S2/c1-4-18-38-24-13-9-10-21(19-24)20-26-30(35)34-29(23-14-16-25(39-3)17-15-23)27(31(36)37-5-2)28(33-32(34)40-26)22-11-7-6-8-12-22/h4,6-17,19-20,29H,1,5,18H2,2-3H3/b26-20-/t29-/m0/s1. The topological polar surface area (TPSA) is 69.9 Å².